The first-order chi connectivity index (χ1) is 9.99. The number of nitro groups is 1. The Bertz CT molecular complexity index is 561. The molecule has 0 aromatic heterocycles. The largest absolute Gasteiger partial charge is 0.370 e. The Morgan fingerprint density at radius 3 is 2.43 bits per heavy atom. The second-order valence-electron chi connectivity index (χ2n) is 4.43. The number of nitrogens with two attached hydrogens (primary N) is 2. The molecule has 0 unspecified atom stereocenters. The molecule has 1 saturated heterocycles. The zero-order valence-electron chi connectivity index (χ0n) is 11.5. The van der Waals surface area contributed by atoms with Crippen LogP contribution in [0.25, 0.3) is 0 Å². The molecule has 0 saturated carbocycles. The number of nitro benzene ring substituents is 1. The van der Waals surface area contributed by atoms with Crippen molar-refractivity contribution in [3.63, 3.8) is 0 Å². The van der Waals surface area contributed by atoms with Crippen LogP contribution in [0.15, 0.2) is 18.2 Å². The number of nitrogens with zero attached hydrogens (tertiary/aromatic N) is 3. The van der Waals surface area contributed by atoms with Crippen LogP contribution in [0.4, 0.5) is 11.4 Å². The third-order valence-electron chi connectivity index (χ3n) is 2.96. The predicted octanol–water partition coefficient (Wildman–Crippen LogP) is 0.497. The average Bonchev–Trinajstić information content (AvgIpc) is 3.01. The van der Waals surface area contributed by atoms with Crippen LogP contribution in [0.5, 0.6) is 0 Å². The van der Waals surface area contributed by atoms with Crippen LogP contribution < -0.4 is 16.4 Å². The summed E-state index contributed by atoms with van der Waals surface area (Å²) in [7, 11) is 0. The standard InChI is InChI=1S/C11H11N3O2.C2H6N2O/c12-8-9-7-10(14(15)16)3-4-11(9)13-5-1-2-6-13;3-1-2(4)5/h3-4,7H,1-2,5-6H2;1,3H2,(H2,4,5). The number of amides is 1. The van der Waals surface area contributed by atoms with Gasteiger partial charge in [-0.15, -0.1) is 0 Å². The number of anilines is 1. The number of hydrogen-bond donors (Lipinski definition) is 2. The maximum absolute atomic E-state index is 10.6. The SMILES string of the molecule is N#Cc1cc([N+](=O)[O-])ccc1N1CCCC1.NCC(N)=O. The molecule has 4 N–H and O–H groups in total. The van der Waals surface area contributed by atoms with Crippen molar-refractivity contribution in [2.45, 2.75) is 12.8 Å². The molecular weight excluding hydrogens is 274 g/mol. The van der Waals surface area contributed by atoms with Crippen molar-refractivity contribution < 1.29 is 9.72 Å². The van der Waals surface area contributed by atoms with Gasteiger partial charge in [0.2, 0.25) is 5.91 Å². The Hall–Kier alpha value is -2.66. The van der Waals surface area contributed by atoms with Crippen molar-refractivity contribution in [1.82, 2.24) is 0 Å². The molecular formula is C13H17N5O3. The highest BCUT2D eigenvalue weighted by molar-refractivity contribution is 5.75. The molecule has 1 aromatic carbocycles. The minimum Gasteiger partial charge on any atom is -0.370 e. The van der Waals surface area contributed by atoms with Crippen molar-refractivity contribution in [3.05, 3.63) is 33.9 Å². The fourth-order valence-electron chi connectivity index (χ4n) is 1.96. The van der Waals surface area contributed by atoms with Gasteiger partial charge < -0.3 is 16.4 Å². The van der Waals surface area contributed by atoms with E-state index in [1.807, 2.05) is 6.07 Å². The van der Waals surface area contributed by atoms with E-state index >= 15 is 0 Å². The summed E-state index contributed by atoms with van der Waals surface area (Å²) in [4.78, 5) is 21.7. The molecule has 0 atom stereocenters. The molecule has 21 heavy (non-hydrogen) atoms. The van der Waals surface area contributed by atoms with E-state index in [0.29, 0.717) is 5.56 Å². The van der Waals surface area contributed by atoms with Gasteiger partial charge in [0.1, 0.15) is 6.07 Å². The van der Waals surface area contributed by atoms with Crippen LogP contribution in [-0.4, -0.2) is 30.5 Å². The Kier molecular flexibility index (Phi) is 6.10. The van der Waals surface area contributed by atoms with Crippen molar-refractivity contribution >= 4 is 17.3 Å². The molecule has 8 nitrogen and oxygen atoms in total. The monoisotopic (exact) mass is 291 g/mol. The summed E-state index contributed by atoms with van der Waals surface area (Å²) in [5.74, 6) is -0.468. The van der Waals surface area contributed by atoms with E-state index in [1.54, 1.807) is 6.07 Å². The highest BCUT2D eigenvalue weighted by atomic mass is 16.6. The van der Waals surface area contributed by atoms with Gasteiger partial charge in [-0.25, -0.2) is 0 Å². The number of rotatable bonds is 3. The van der Waals surface area contributed by atoms with E-state index in [1.165, 1.54) is 12.1 Å². The number of non-ortho nitro benzene ring substituents is 1. The van der Waals surface area contributed by atoms with E-state index in [9.17, 15) is 14.9 Å². The van der Waals surface area contributed by atoms with Crippen molar-refractivity contribution in [3.8, 4) is 6.07 Å². The lowest BCUT2D eigenvalue weighted by atomic mass is 10.1. The van der Waals surface area contributed by atoms with Crippen LogP contribution >= 0.6 is 0 Å². The first kappa shape index (κ1) is 16.4. The smallest absolute Gasteiger partial charge is 0.270 e. The number of hydrogen-bond acceptors (Lipinski definition) is 6. The lowest BCUT2D eigenvalue weighted by Gasteiger charge is -2.18. The normalized spacial score (nSPS) is 13.0. The van der Waals surface area contributed by atoms with Crippen LogP contribution in [0, 0.1) is 21.4 Å². The van der Waals surface area contributed by atoms with E-state index in [0.717, 1.165) is 31.6 Å². The maximum atomic E-state index is 10.6. The number of benzene rings is 1. The second kappa shape index (κ2) is 7.81. The number of carbonyl (C=O) groups is 1. The number of carbonyl (C=O) groups excluding carboxylic acids is 1. The van der Waals surface area contributed by atoms with E-state index in [4.69, 9.17) is 11.0 Å². The molecule has 2 rings (SSSR count). The molecule has 0 bridgehead atoms. The average molecular weight is 291 g/mol. The molecule has 1 fully saturated rings. The molecule has 0 radical (unpaired) electrons. The van der Waals surface area contributed by atoms with Gasteiger partial charge in [0.25, 0.3) is 5.69 Å². The summed E-state index contributed by atoms with van der Waals surface area (Å²) in [5.41, 5.74) is 10.4. The minimum absolute atomic E-state index is 0.0282. The molecule has 0 aliphatic carbocycles. The molecule has 8 heteroatoms. The summed E-state index contributed by atoms with van der Waals surface area (Å²) >= 11 is 0. The Balaban J connectivity index is 0.000000383. The Morgan fingerprint density at radius 2 is 2.00 bits per heavy atom. The Labute approximate surface area is 122 Å². The number of primary amides is 1. The summed E-state index contributed by atoms with van der Waals surface area (Å²) in [5, 5.41) is 19.6. The van der Waals surface area contributed by atoms with Gasteiger partial charge >= 0.3 is 0 Å². The van der Waals surface area contributed by atoms with Crippen LogP contribution in [0.2, 0.25) is 0 Å². The van der Waals surface area contributed by atoms with E-state index in [-0.39, 0.29) is 12.2 Å². The summed E-state index contributed by atoms with van der Waals surface area (Å²) in [6.07, 6.45) is 2.23. The topological polar surface area (TPSA) is 139 Å². The first-order valence-electron chi connectivity index (χ1n) is 6.41. The zero-order valence-corrected chi connectivity index (χ0v) is 11.5. The number of nitriles is 1. The quantitative estimate of drug-likeness (QED) is 0.613. The van der Waals surface area contributed by atoms with Crippen molar-refractivity contribution in [2.75, 3.05) is 24.5 Å². The highest BCUT2D eigenvalue weighted by Crippen LogP contribution is 2.27. The lowest BCUT2D eigenvalue weighted by molar-refractivity contribution is -0.384. The molecule has 1 aliphatic rings. The molecule has 1 aliphatic heterocycles. The molecule has 0 spiro atoms. The van der Waals surface area contributed by atoms with Crippen LogP contribution in [0.1, 0.15) is 18.4 Å². The third kappa shape index (κ3) is 4.74. The third-order valence-corrected chi connectivity index (χ3v) is 2.96. The van der Waals surface area contributed by atoms with E-state index in [2.05, 4.69) is 10.6 Å². The molecule has 1 amide bonds. The van der Waals surface area contributed by atoms with Gasteiger partial charge in [0, 0.05) is 25.2 Å². The molecule has 112 valence electrons. The molecule has 1 aromatic rings. The van der Waals surface area contributed by atoms with Crippen LogP contribution in [0.3, 0.4) is 0 Å². The van der Waals surface area contributed by atoms with Crippen molar-refractivity contribution in [2.24, 2.45) is 11.5 Å². The van der Waals surface area contributed by atoms with Gasteiger partial charge in [-0.1, -0.05) is 0 Å². The minimum atomic E-state index is -0.478. The fraction of sp³-hybridized carbons (Fsp3) is 0.385. The fourth-order valence-corrected chi connectivity index (χ4v) is 1.96. The zero-order chi connectivity index (χ0) is 15.8. The predicted molar refractivity (Wildman–Crippen MR) is 77.5 cm³/mol. The highest BCUT2D eigenvalue weighted by Gasteiger charge is 2.18. The van der Waals surface area contributed by atoms with E-state index < -0.39 is 10.8 Å². The van der Waals surface area contributed by atoms with Gasteiger partial charge in [0.05, 0.1) is 22.7 Å². The van der Waals surface area contributed by atoms with Crippen LogP contribution in [-0.2, 0) is 4.79 Å². The maximum Gasteiger partial charge on any atom is 0.270 e. The van der Waals surface area contributed by atoms with Gasteiger partial charge in [-0.3, -0.25) is 14.9 Å². The summed E-state index contributed by atoms with van der Waals surface area (Å²) in [6, 6.07) is 6.48. The summed E-state index contributed by atoms with van der Waals surface area (Å²) in [6.45, 7) is 1.79. The van der Waals surface area contributed by atoms with Gasteiger partial charge in [-0.05, 0) is 18.9 Å². The second-order valence-corrected chi connectivity index (χ2v) is 4.43. The lowest BCUT2D eigenvalue weighted by Crippen LogP contribution is -2.21. The summed E-state index contributed by atoms with van der Waals surface area (Å²) < 4.78 is 0. The Morgan fingerprint density at radius 1 is 1.43 bits per heavy atom. The van der Waals surface area contributed by atoms with Gasteiger partial charge in [0.15, 0.2) is 0 Å². The van der Waals surface area contributed by atoms with Crippen molar-refractivity contribution in [1.29, 1.82) is 5.26 Å². The first-order valence-corrected chi connectivity index (χ1v) is 6.41. The van der Waals surface area contributed by atoms with Gasteiger partial charge in [-0.2, -0.15) is 5.26 Å². The molecule has 1 heterocycles.